The lowest BCUT2D eigenvalue weighted by Crippen LogP contribution is -1.93. The normalized spacial score (nSPS) is 10.3. The number of halogens is 1. The summed E-state index contributed by atoms with van der Waals surface area (Å²) < 4.78 is 0.985. The second-order valence-corrected chi connectivity index (χ2v) is 5.07. The second kappa shape index (κ2) is 5.32. The van der Waals surface area contributed by atoms with E-state index in [9.17, 15) is 0 Å². The van der Waals surface area contributed by atoms with Gasteiger partial charge in [-0.1, -0.05) is 6.07 Å². The summed E-state index contributed by atoms with van der Waals surface area (Å²) >= 11 is 4.99. The van der Waals surface area contributed by atoms with E-state index in [1.165, 1.54) is 0 Å². The van der Waals surface area contributed by atoms with Crippen molar-refractivity contribution in [3.8, 4) is 0 Å². The number of anilines is 1. The molecule has 0 aromatic carbocycles. The summed E-state index contributed by atoms with van der Waals surface area (Å²) in [5.41, 5.74) is 6.57. The van der Waals surface area contributed by atoms with E-state index in [1.54, 1.807) is 24.0 Å². The molecule has 0 aliphatic rings. The highest BCUT2D eigenvalue weighted by Gasteiger charge is 1.99. The van der Waals surface area contributed by atoms with Gasteiger partial charge in [-0.25, -0.2) is 9.97 Å². The van der Waals surface area contributed by atoms with Crippen LogP contribution in [0.1, 0.15) is 5.69 Å². The molecule has 2 aromatic rings. The summed E-state index contributed by atoms with van der Waals surface area (Å²) in [4.78, 5) is 8.50. The SMILES string of the molecule is Nc1cccc(CSc2ccc(Br)cn2)n1. The fourth-order valence-electron chi connectivity index (χ4n) is 1.17. The highest BCUT2D eigenvalue weighted by Crippen LogP contribution is 2.21. The van der Waals surface area contributed by atoms with E-state index in [-0.39, 0.29) is 0 Å². The fraction of sp³-hybridized carbons (Fsp3) is 0.0909. The molecule has 2 heterocycles. The van der Waals surface area contributed by atoms with E-state index < -0.39 is 0 Å². The number of nitrogens with two attached hydrogens (primary N) is 1. The molecule has 0 unspecified atom stereocenters. The minimum absolute atomic E-state index is 0.557. The zero-order chi connectivity index (χ0) is 11.4. The number of pyridine rings is 2. The topological polar surface area (TPSA) is 51.8 Å². The number of aromatic nitrogens is 2. The molecule has 0 bridgehead atoms. The van der Waals surface area contributed by atoms with Crippen molar-refractivity contribution in [1.29, 1.82) is 0 Å². The molecule has 0 saturated heterocycles. The Hall–Kier alpha value is -1.07. The maximum atomic E-state index is 5.61. The molecule has 0 spiro atoms. The van der Waals surface area contributed by atoms with Crippen LogP contribution in [0.25, 0.3) is 0 Å². The van der Waals surface area contributed by atoms with Gasteiger partial charge in [0.05, 0.1) is 10.7 Å². The minimum atomic E-state index is 0.557. The summed E-state index contributed by atoms with van der Waals surface area (Å²) in [6, 6.07) is 9.60. The zero-order valence-corrected chi connectivity index (χ0v) is 10.8. The third-order valence-electron chi connectivity index (χ3n) is 1.90. The monoisotopic (exact) mass is 295 g/mol. The van der Waals surface area contributed by atoms with E-state index >= 15 is 0 Å². The molecule has 0 fully saturated rings. The average Bonchev–Trinajstić information content (AvgIpc) is 2.28. The average molecular weight is 296 g/mol. The number of hydrogen-bond acceptors (Lipinski definition) is 4. The zero-order valence-electron chi connectivity index (χ0n) is 8.43. The molecule has 0 saturated carbocycles. The molecule has 0 radical (unpaired) electrons. The van der Waals surface area contributed by atoms with E-state index in [4.69, 9.17) is 5.73 Å². The summed E-state index contributed by atoms with van der Waals surface area (Å²) in [6.07, 6.45) is 1.79. The molecule has 0 aliphatic carbocycles. The molecule has 2 aromatic heterocycles. The third kappa shape index (κ3) is 3.21. The van der Waals surface area contributed by atoms with Crippen molar-refractivity contribution in [2.24, 2.45) is 0 Å². The summed E-state index contributed by atoms with van der Waals surface area (Å²) in [6.45, 7) is 0. The summed E-state index contributed by atoms with van der Waals surface area (Å²) in [5.74, 6) is 1.33. The third-order valence-corrected chi connectivity index (χ3v) is 3.34. The smallest absolute Gasteiger partial charge is 0.123 e. The van der Waals surface area contributed by atoms with Crippen LogP contribution in [-0.4, -0.2) is 9.97 Å². The van der Waals surface area contributed by atoms with Gasteiger partial charge in [0.1, 0.15) is 5.82 Å². The van der Waals surface area contributed by atoms with Gasteiger partial charge >= 0.3 is 0 Å². The molecular weight excluding hydrogens is 286 g/mol. The van der Waals surface area contributed by atoms with Crippen LogP contribution >= 0.6 is 27.7 Å². The highest BCUT2D eigenvalue weighted by atomic mass is 79.9. The van der Waals surface area contributed by atoms with Crippen LogP contribution in [0.5, 0.6) is 0 Å². The van der Waals surface area contributed by atoms with Crippen molar-refractivity contribution in [3.05, 3.63) is 46.7 Å². The van der Waals surface area contributed by atoms with Gasteiger partial charge in [0, 0.05) is 16.4 Å². The maximum absolute atomic E-state index is 5.61. The summed E-state index contributed by atoms with van der Waals surface area (Å²) in [7, 11) is 0. The van der Waals surface area contributed by atoms with Gasteiger partial charge in [-0.15, -0.1) is 11.8 Å². The van der Waals surface area contributed by atoms with Crippen molar-refractivity contribution in [2.45, 2.75) is 10.8 Å². The standard InChI is InChI=1S/C11H10BrN3S/c12-8-4-5-11(14-6-8)16-7-9-2-1-3-10(13)15-9/h1-6H,7H2,(H2,13,15). The quantitative estimate of drug-likeness (QED) is 0.884. The Balaban J connectivity index is 1.99. The van der Waals surface area contributed by atoms with Crippen LogP contribution in [0.2, 0.25) is 0 Å². The molecule has 3 nitrogen and oxygen atoms in total. The van der Waals surface area contributed by atoms with Gasteiger partial charge < -0.3 is 5.73 Å². The maximum Gasteiger partial charge on any atom is 0.123 e. The molecule has 2 rings (SSSR count). The van der Waals surface area contributed by atoms with Crippen LogP contribution in [0.3, 0.4) is 0 Å². The van der Waals surface area contributed by atoms with Gasteiger partial charge in [0.15, 0.2) is 0 Å². The Labute approximate surface area is 107 Å². The second-order valence-electron chi connectivity index (χ2n) is 3.16. The number of nitrogen functional groups attached to an aromatic ring is 1. The van der Waals surface area contributed by atoms with Crippen molar-refractivity contribution < 1.29 is 0 Å². The summed E-state index contributed by atoms with van der Waals surface area (Å²) in [5, 5.41) is 0.979. The first kappa shape index (κ1) is 11.4. The Kier molecular flexibility index (Phi) is 3.79. The van der Waals surface area contributed by atoms with E-state index in [2.05, 4.69) is 25.9 Å². The molecule has 16 heavy (non-hydrogen) atoms. The molecule has 0 atom stereocenters. The van der Waals surface area contributed by atoms with Crippen LogP contribution in [0.4, 0.5) is 5.82 Å². The largest absolute Gasteiger partial charge is 0.384 e. The molecule has 82 valence electrons. The van der Waals surface area contributed by atoms with Gasteiger partial charge in [-0.2, -0.15) is 0 Å². The number of thioether (sulfide) groups is 1. The molecular formula is C11H10BrN3S. The lowest BCUT2D eigenvalue weighted by molar-refractivity contribution is 1.11. The van der Waals surface area contributed by atoms with Gasteiger partial charge in [0.2, 0.25) is 0 Å². The van der Waals surface area contributed by atoms with Gasteiger partial charge in [-0.3, -0.25) is 0 Å². The number of rotatable bonds is 3. The fourth-order valence-corrected chi connectivity index (χ4v) is 2.16. The first-order valence-corrected chi connectivity index (χ1v) is 6.48. The Bertz CT molecular complexity index is 473. The van der Waals surface area contributed by atoms with Crippen molar-refractivity contribution >= 4 is 33.5 Å². The van der Waals surface area contributed by atoms with Crippen LogP contribution in [0.15, 0.2) is 46.0 Å². The van der Waals surface area contributed by atoms with Crippen molar-refractivity contribution in [3.63, 3.8) is 0 Å². The van der Waals surface area contributed by atoms with Gasteiger partial charge in [0.25, 0.3) is 0 Å². The predicted molar refractivity (Wildman–Crippen MR) is 70.1 cm³/mol. The van der Waals surface area contributed by atoms with E-state index in [0.717, 1.165) is 20.9 Å². The Morgan fingerprint density at radius 1 is 1.25 bits per heavy atom. The molecule has 0 amide bonds. The minimum Gasteiger partial charge on any atom is -0.384 e. The van der Waals surface area contributed by atoms with E-state index in [1.807, 2.05) is 24.3 Å². The molecule has 2 N–H and O–H groups in total. The predicted octanol–water partition coefficient (Wildman–Crippen LogP) is 3.11. The first-order chi connectivity index (χ1) is 7.74. The lowest BCUT2D eigenvalue weighted by Gasteiger charge is -2.01. The Morgan fingerprint density at radius 2 is 2.12 bits per heavy atom. The number of nitrogens with zero attached hydrogens (tertiary/aromatic N) is 2. The lowest BCUT2D eigenvalue weighted by atomic mass is 10.4. The highest BCUT2D eigenvalue weighted by molar-refractivity contribution is 9.10. The van der Waals surface area contributed by atoms with Crippen LogP contribution < -0.4 is 5.73 Å². The Morgan fingerprint density at radius 3 is 2.81 bits per heavy atom. The van der Waals surface area contributed by atoms with E-state index in [0.29, 0.717) is 5.82 Å². The first-order valence-electron chi connectivity index (χ1n) is 4.70. The van der Waals surface area contributed by atoms with Crippen molar-refractivity contribution in [1.82, 2.24) is 9.97 Å². The van der Waals surface area contributed by atoms with Crippen molar-refractivity contribution in [2.75, 3.05) is 5.73 Å². The molecule has 5 heteroatoms. The number of hydrogen-bond donors (Lipinski definition) is 1. The van der Waals surface area contributed by atoms with Gasteiger partial charge in [-0.05, 0) is 40.2 Å². The van der Waals surface area contributed by atoms with Crippen LogP contribution in [-0.2, 0) is 5.75 Å². The van der Waals surface area contributed by atoms with Crippen LogP contribution in [0, 0.1) is 0 Å². The molecule has 0 aliphatic heterocycles.